The second-order valence-corrected chi connectivity index (χ2v) is 3.73. The number of benzene rings is 2. The zero-order valence-corrected chi connectivity index (χ0v) is 9.67. The first kappa shape index (κ1) is 11.7. The van der Waals surface area contributed by atoms with E-state index in [4.69, 9.17) is 10.4 Å². The number of phenols is 1. The Kier molecular flexibility index (Phi) is 3.62. The predicted molar refractivity (Wildman–Crippen MR) is 71.8 cm³/mol. The number of nitrogens with one attached hydrogen (secondary N) is 1. The Bertz CT molecular complexity index is 580. The normalized spacial score (nSPS) is 10.7. The lowest BCUT2D eigenvalue weighted by molar-refractivity contribution is 0.475. The Labute approximate surface area is 106 Å². The van der Waals surface area contributed by atoms with Crippen LogP contribution < -0.4 is 5.32 Å². The van der Waals surface area contributed by atoms with Crippen molar-refractivity contribution in [1.29, 1.82) is 5.26 Å². The van der Waals surface area contributed by atoms with Crippen molar-refractivity contribution in [3.05, 3.63) is 66.4 Å². The minimum absolute atomic E-state index is 0.216. The summed E-state index contributed by atoms with van der Waals surface area (Å²) in [6.07, 6.45) is 1.65. The lowest BCUT2D eigenvalue weighted by Gasteiger charge is -2.03. The zero-order chi connectivity index (χ0) is 12.8. The number of nitriles is 1. The van der Waals surface area contributed by atoms with Crippen molar-refractivity contribution < 1.29 is 5.11 Å². The van der Waals surface area contributed by atoms with Gasteiger partial charge in [0, 0.05) is 11.9 Å². The van der Waals surface area contributed by atoms with Crippen molar-refractivity contribution in [2.24, 2.45) is 0 Å². The lowest BCUT2D eigenvalue weighted by Crippen LogP contribution is -1.90. The van der Waals surface area contributed by atoms with E-state index in [-0.39, 0.29) is 5.75 Å². The Morgan fingerprint density at radius 1 is 1.06 bits per heavy atom. The minimum atomic E-state index is 0.216. The average Bonchev–Trinajstić information content (AvgIpc) is 2.43. The summed E-state index contributed by atoms with van der Waals surface area (Å²) in [7, 11) is 0. The molecule has 0 spiro atoms. The summed E-state index contributed by atoms with van der Waals surface area (Å²) < 4.78 is 0. The number of phenolic OH excluding ortho intramolecular Hbond substituents is 1. The molecule has 0 radical (unpaired) electrons. The molecule has 3 nitrogen and oxygen atoms in total. The maximum atomic E-state index is 9.16. The largest absolute Gasteiger partial charge is 0.508 e. The van der Waals surface area contributed by atoms with Gasteiger partial charge in [-0.2, -0.15) is 5.26 Å². The van der Waals surface area contributed by atoms with Crippen LogP contribution >= 0.6 is 0 Å². The molecule has 0 heterocycles. The van der Waals surface area contributed by atoms with Gasteiger partial charge in [0.25, 0.3) is 0 Å². The molecule has 2 rings (SSSR count). The van der Waals surface area contributed by atoms with Crippen LogP contribution in [0.1, 0.15) is 5.56 Å². The summed E-state index contributed by atoms with van der Waals surface area (Å²) in [6, 6.07) is 18.3. The fraction of sp³-hybridized carbons (Fsp3) is 0. The highest BCUT2D eigenvalue weighted by Crippen LogP contribution is 2.16. The van der Waals surface area contributed by atoms with E-state index in [1.54, 1.807) is 30.5 Å². The van der Waals surface area contributed by atoms with Crippen LogP contribution in [-0.2, 0) is 0 Å². The molecule has 0 saturated carbocycles. The van der Waals surface area contributed by atoms with Crippen molar-refractivity contribution in [3.63, 3.8) is 0 Å². The molecule has 0 amide bonds. The summed E-state index contributed by atoms with van der Waals surface area (Å²) in [5.41, 5.74) is 2.24. The molecule has 0 atom stereocenters. The van der Waals surface area contributed by atoms with E-state index in [0.29, 0.717) is 5.57 Å². The predicted octanol–water partition coefficient (Wildman–Crippen LogP) is 3.37. The second-order valence-electron chi connectivity index (χ2n) is 3.73. The molecule has 2 aromatic carbocycles. The Morgan fingerprint density at radius 3 is 2.33 bits per heavy atom. The number of hydrogen-bond acceptors (Lipinski definition) is 3. The summed E-state index contributed by atoms with van der Waals surface area (Å²) in [5, 5.41) is 21.3. The molecule has 2 aromatic rings. The average molecular weight is 236 g/mol. The molecule has 0 bridgehead atoms. The first-order valence-electron chi connectivity index (χ1n) is 5.51. The highest BCUT2D eigenvalue weighted by Gasteiger charge is 1.98. The first-order chi connectivity index (χ1) is 8.79. The molecule has 0 aliphatic heterocycles. The molecule has 0 fully saturated rings. The number of rotatable bonds is 3. The van der Waals surface area contributed by atoms with Gasteiger partial charge in [-0.3, -0.25) is 0 Å². The van der Waals surface area contributed by atoms with Crippen molar-refractivity contribution in [3.8, 4) is 11.8 Å². The van der Waals surface area contributed by atoms with Crippen LogP contribution in [-0.4, -0.2) is 5.11 Å². The van der Waals surface area contributed by atoms with Gasteiger partial charge in [0.05, 0.1) is 5.57 Å². The SMILES string of the molecule is N#C/C(=C/Nc1ccc(O)cc1)c1ccccc1. The van der Waals surface area contributed by atoms with E-state index >= 15 is 0 Å². The van der Waals surface area contributed by atoms with Crippen LogP contribution in [0.4, 0.5) is 5.69 Å². The molecule has 0 unspecified atom stereocenters. The summed E-state index contributed by atoms with van der Waals surface area (Å²) in [5.74, 6) is 0.216. The van der Waals surface area contributed by atoms with Crippen LogP contribution in [0.25, 0.3) is 5.57 Å². The molecule has 0 saturated heterocycles. The molecule has 0 aliphatic carbocycles. The van der Waals surface area contributed by atoms with Gasteiger partial charge >= 0.3 is 0 Å². The van der Waals surface area contributed by atoms with E-state index in [0.717, 1.165) is 11.3 Å². The summed E-state index contributed by atoms with van der Waals surface area (Å²) in [4.78, 5) is 0. The van der Waals surface area contributed by atoms with Crippen LogP contribution in [0.5, 0.6) is 5.75 Å². The van der Waals surface area contributed by atoms with Gasteiger partial charge < -0.3 is 10.4 Å². The number of allylic oxidation sites excluding steroid dienone is 1. The third kappa shape index (κ3) is 2.89. The van der Waals surface area contributed by atoms with Gasteiger partial charge in [-0.1, -0.05) is 30.3 Å². The molecule has 88 valence electrons. The third-order valence-electron chi connectivity index (χ3n) is 2.46. The fourth-order valence-corrected chi connectivity index (χ4v) is 1.51. The second kappa shape index (κ2) is 5.55. The lowest BCUT2D eigenvalue weighted by atomic mass is 10.1. The number of anilines is 1. The maximum Gasteiger partial charge on any atom is 0.115 e. The summed E-state index contributed by atoms with van der Waals surface area (Å²) in [6.45, 7) is 0. The number of hydrogen-bond donors (Lipinski definition) is 2. The van der Waals surface area contributed by atoms with Gasteiger partial charge in [-0.05, 0) is 29.8 Å². The topological polar surface area (TPSA) is 56.0 Å². The van der Waals surface area contributed by atoms with E-state index in [2.05, 4.69) is 11.4 Å². The van der Waals surface area contributed by atoms with E-state index in [1.807, 2.05) is 30.3 Å². The van der Waals surface area contributed by atoms with Gasteiger partial charge in [0.2, 0.25) is 0 Å². The van der Waals surface area contributed by atoms with Crippen LogP contribution in [0.15, 0.2) is 60.8 Å². The smallest absolute Gasteiger partial charge is 0.115 e. The first-order valence-corrected chi connectivity index (χ1v) is 5.51. The van der Waals surface area contributed by atoms with Gasteiger partial charge in [-0.15, -0.1) is 0 Å². The molecule has 2 N–H and O–H groups in total. The van der Waals surface area contributed by atoms with Crippen molar-refractivity contribution in [2.45, 2.75) is 0 Å². The number of aromatic hydroxyl groups is 1. The van der Waals surface area contributed by atoms with Crippen LogP contribution in [0, 0.1) is 11.3 Å². The van der Waals surface area contributed by atoms with Gasteiger partial charge in [-0.25, -0.2) is 0 Å². The summed E-state index contributed by atoms with van der Waals surface area (Å²) >= 11 is 0. The maximum absolute atomic E-state index is 9.16. The van der Waals surface area contributed by atoms with E-state index in [9.17, 15) is 0 Å². The van der Waals surface area contributed by atoms with E-state index < -0.39 is 0 Å². The molecular weight excluding hydrogens is 224 g/mol. The molecule has 18 heavy (non-hydrogen) atoms. The Balaban J connectivity index is 2.17. The molecule has 3 heteroatoms. The van der Waals surface area contributed by atoms with Crippen LogP contribution in [0.3, 0.4) is 0 Å². The highest BCUT2D eigenvalue weighted by atomic mass is 16.3. The zero-order valence-electron chi connectivity index (χ0n) is 9.67. The van der Waals surface area contributed by atoms with Crippen LogP contribution in [0.2, 0.25) is 0 Å². The van der Waals surface area contributed by atoms with Gasteiger partial charge in [0.15, 0.2) is 0 Å². The number of nitrogens with zero attached hydrogens (tertiary/aromatic N) is 1. The van der Waals surface area contributed by atoms with Crippen molar-refractivity contribution >= 4 is 11.3 Å². The molecule has 0 aromatic heterocycles. The molecule has 0 aliphatic rings. The van der Waals surface area contributed by atoms with E-state index in [1.165, 1.54) is 0 Å². The quantitative estimate of drug-likeness (QED) is 0.634. The highest BCUT2D eigenvalue weighted by molar-refractivity contribution is 5.78. The molecular formula is C15H12N2O. The third-order valence-corrected chi connectivity index (χ3v) is 2.46. The monoisotopic (exact) mass is 236 g/mol. The Hall–Kier alpha value is -2.73. The minimum Gasteiger partial charge on any atom is -0.508 e. The van der Waals surface area contributed by atoms with Gasteiger partial charge in [0.1, 0.15) is 11.8 Å². The fourth-order valence-electron chi connectivity index (χ4n) is 1.51. The van der Waals surface area contributed by atoms with Crippen molar-refractivity contribution in [2.75, 3.05) is 5.32 Å². The standard InChI is InChI=1S/C15H12N2O/c16-10-13(12-4-2-1-3-5-12)11-17-14-6-8-15(18)9-7-14/h1-9,11,17-18H/b13-11-. The van der Waals surface area contributed by atoms with Crippen molar-refractivity contribution in [1.82, 2.24) is 0 Å². The Morgan fingerprint density at radius 2 is 1.72 bits per heavy atom.